The topological polar surface area (TPSA) is 58.5 Å². The van der Waals surface area contributed by atoms with E-state index in [1.165, 1.54) is 4.88 Å². The molecule has 0 amide bonds. The van der Waals surface area contributed by atoms with Crippen molar-refractivity contribution in [2.45, 2.75) is 33.7 Å². The zero-order valence-electron chi connectivity index (χ0n) is 16.2. The molecule has 0 aliphatic rings. The van der Waals surface area contributed by atoms with Crippen LogP contribution in [0.4, 0.5) is 0 Å². The van der Waals surface area contributed by atoms with E-state index in [4.69, 9.17) is 4.74 Å². The van der Waals surface area contributed by atoms with Crippen molar-refractivity contribution in [1.82, 2.24) is 15.6 Å². The Hall–Kier alpha value is -1.61. The van der Waals surface area contributed by atoms with Gasteiger partial charge in [-0.1, -0.05) is 30.9 Å². The molecule has 0 spiro atoms. The molecule has 1 heterocycles. The van der Waals surface area contributed by atoms with Crippen LogP contribution >= 0.6 is 35.3 Å². The maximum Gasteiger partial charge on any atom is 0.191 e. The number of hydrogen-bond acceptors (Lipinski definition) is 4. The molecular weight excluding hydrogens is 471 g/mol. The van der Waals surface area contributed by atoms with Crippen molar-refractivity contribution in [2.75, 3.05) is 19.7 Å². The number of hydrogen-bond donors (Lipinski definition) is 2. The first kappa shape index (κ1) is 23.4. The summed E-state index contributed by atoms with van der Waals surface area (Å²) in [6.45, 7) is 12.6. The zero-order valence-corrected chi connectivity index (χ0v) is 19.4. The quantitative estimate of drug-likeness (QED) is 0.234. The molecule has 0 atom stereocenters. The van der Waals surface area contributed by atoms with Gasteiger partial charge >= 0.3 is 0 Å². The first-order valence-electron chi connectivity index (χ1n) is 8.90. The van der Waals surface area contributed by atoms with Gasteiger partial charge in [-0.05, 0) is 26.8 Å². The second kappa shape index (κ2) is 12.7. The largest absolute Gasteiger partial charge is 0.489 e. The number of halogens is 1. The standard InChI is InChI=1S/C20H28N4OS.HI/c1-5-13-25-18-10-8-7-9-17(18)14-23-20(21-6-2)22-12-11-19-15(3)24-16(4)26-19;/h5,7-10H,1,6,11-14H2,2-4H3,(H2,21,22,23);1H. The van der Waals surface area contributed by atoms with Crippen molar-refractivity contribution in [3.63, 3.8) is 0 Å². The van der Waals surface area contributed by atoms with E-state index in [2.05, 4.69) is 41.0 Å². The third kappa shape index (κ3) is 7.88. The van der Waals surface area contributed by atoms with E-state index in [1.54, 1.807) is 17.4 Å². The summed E-state index contributed by atoms with van der Waals surface area (Å²) in [5.41, 5.74) is 2.19. The summed E-state index contributed by atoms with van der Waals surface area (Å²) in [5, 5.41) is 7.81. The van der Waals surface area contributed by atoms with Crippen LogP contribution in [0, 0.1) is 13.8 Å². The number of benzene rings is 1. The number of thiazole rings is 1. The van der Waals surface area contributed by atoms with Crippen LogP contribution in [0.2, 0.25) is 0 Å². The van der Waals surface area contributed by atoms with Crippen molar-refractivity contribution in [2.24, 2.45) is 4.99 Å². The molecule has 0 aliphatic heterocycles. The fraction of sp³-hybridized carbons (Fsp3) is 0.400. The molecule has 0 saturated carbocycles. The van der Waals surface area contributed by atoms with Crippen LogP contribution in [0.15, 0.2) is 41.9 Å². The minimum absolute atomic E-state index is 0. The Kier molecular flexibility index (Phi) is 11.0. The van der Waals surface area contributed by atoms with Crippen molar-refractivity contribution in [3.05, 3.63) is 58.1 Å². The molecule has 2 aromatic rings. The molecule has 0 fully saturated rings. The van der Waals surface area contributed by atoms with E-state index in [-0.39, 0.29) is 24.0 Å². The Labute approximate surface area is 183 Å². The second-order valence-electron chi connectivity index (χ2n) is 5.82. The molecule has 2 rings (SSSR count). The summed E-state index contributed by atoms with van der Waals surface area (Å²) in [5.74, 6) is 1.66. The van der Waals surface area contributed by atoms with Gasteiger partial charge < -0.3 is 15.4 Å². The van der Waals surface area contributed by atoms with Gasteiger partial charge in [0.1, 0.15) is 12.4 Å². The lowest BCUT2D eigenvalue weighted by Gasteiger charge is -2.12. The van der Waals surface area contributed by atoms with Gasteiger partial charge in [0, 0.05) is 30.0 Å². The fourth-order valence-corrected chi connectivity index (χ4v) is 3.47. The Balaban J connectivity index is 0.00000364. The highest BCUT2D eigenvalue weighted by atomic mass is 127. The first-order chi connectivity index (χ1) is 12.6. The number of aryl methyl sites for hydroxylation is 2. The smallest absolute Gasteiger partial charge is 0.191 e. The molecule has 0 saturated heterocycles. The number of aliphatic imine (C=N–C) groups is 1. The SMILES string of the molecule is C=CCOc1ccccc1CN=C(NCC)NCCc1sc(C)nc1C.I. The van der Waals surface area contributed by atoms with Crippen LogP contribution in [-0.4, -0.2) is 30.6 Å². The van der Waals surface area contributed by atoms with Crippen LogP contribution in [0.25, 0.3) is 0 Å². The summed E-state index contributed by atoms with van der Waals surface area (Å²) in [4.78, 5) is 10.5. The van der Waals surface area contributed by atoms with Gasteiger partial charge in [0.25, 0.3) is 0 Å². The van der Waals surface area contributed by atoms with Crippen LogP contribution in [-0.2, 0) is 13.0 Å². The van der Waals surface area contributed by atoms with Gasteiger partial charge in [-0.25, -0.2) is 9.98 Å². The lowest BCUT2D eigenvalue weighted by molar-refractivity contribution is 0.359. The van der Waals surface area contributed by atoms with Gasteiger partial charge in [-0.15, -0.1) is 35.3 Å². The number of nitrogens with one attached hydrogen (secondary N) is 2. The van der Waals surface area contributed by atoms with Crippen molar-refractivity contribution < 1.29 is 4.74 Å². The molecule has 0 aliphatic carbocycles. The summed E-state index contributed by atoms with van der Waals surface area (Å²) < 4.78 is 5.70. The van der Waals surface area contributed by atoms with Gasteiger partial charge in [0.05, 0.1) is 17.2 Å². The lowest BCUT2D eigenvalue weighted by Crippen LogP contribution is -2.38. The molecule has 2 N–H and O–H groups in total. The van der Waals surface area contributed by atoms with Crippen molar-refractivity contribution >= 4 is 41.3 Å². The number of rotatable bonds is 9. The molecule has 1 aromatic heterocycles. The molecule has 0 radical (unpaired) electrons. The Morgan fingerprint density at radius 3 is 2.74 bits per heavy atom. The molecule has 27 heavy (non-hydrogen) atoms. The van der Waals surface area contributed by atoms with Crippen molar-refractivity contribution in [3.8, 4) is 5.75 Å². The van der Waals surface area contributed by atoms with Crippen LogP contribution in [0.1, 0.15) is 28.1 Å². The Bertz CT molecular complexity index is 745. The molecule has 1 aromatic carbocycles. The highest BCUT2D eigenvalue weighted by molar-refractivity contribution is 14.0. The van der Waals surface area contributed by atoms with Crippen LogP contribution in [0.3, 0.4) is 0 Å². The average Bonchev–Trinajstić information content (AvgIpc) is 2.96. The minimum Gasteiger partial charge on any atom is -0.489 e. The minimum atomic E-state index is 0. The highest BCUT2D eigenvalue weighted by Gasteiger charge is 2.06. The van der Waals surface area contributed by atoms with Gasteiger partial charge in [0.2, 0.25) is 0 Å². The Morgan fingerprint density at radius 1 is 1.30 bits per heavy atom. The average molecular weight is 500 g/mol. The van der Waals surface area contributed by atoms with E-state index in [0.717, 1.165) is 47.5 Å². The highest BCUT2D eigenvalue weighted by Crippen LogP contribution is 2.19. The maximum absolute atomic E-state index is 5.70. The first-order valence-corrected chi connectivity index (χ1v) is 9.72. The summed E-state index contributed by atoms with van der Waals surface area (Å²) in [6.07, 6.45) is 2.69. The van der Waals surface area contributed by atoms with E-state index in [0.29, 0.717) is 13.2 Å². The van der Waals surface area contributed by atoms with E-state index >= 15 is 0 Å². The third-order valence-electron chi connectivity index (χ3n) is 3.73. The predicted molar refractivity (Wildman–Crippen MR) is 126 cm³/mol. The van der Waals surface area contributed by atoms with Gasteiger partial charge in [0.15, 0.2) is 5.96 Å². The normalized spacial score (nSPS) is 10.9. The van der Waals surface area contributed by atoms with E-state index in [1.807, 2.05) is 31.2 Å². The number of guanidine groups is 1. The molecule has 5 nitrogen and oxygen atoms in total. The van der Waals surface area contributed by atoms with E-state index < -0.39 is 0 Å². The van der Waals surface area contributed by atoms with Crippen molar-refractivity contribution in [1.29, 1.82) is 0 Å². The van der Waals surface area contributed by atoms with E-state index in [9.17, 15) is 0 Å². The molecule has 0 unspecified atom stereocenters. The summed E-state index contributed by atoms with van der Waals surface area (Å²) in [7, 11) is 0. The van der Waals surface area contributed by atoms with Gasteiger partial charge in [-0.2, -0.15) is 0 Å². The number of nitrogens with zero attached hydrogens (tertiary/aromatic N) is 2. The molecule has 148 valence electrons. The molecular formula is C20H29IN4OS. The number of ether oxygens (including phenoxy) is 1. The third-order valence-corrected chi connectivity index (χ3v) is 4.86. The Morgan fingerprint density at radius 2 is 2.07 bits per heavy atom. The van der Waals surface area contributed by atoms with Crippen LogP contribution in [0.5, 0.6) is 5.75 Å². The number of aromatic nitrogens is 1. The zero-order chi connectivity index (χ0) is 18.8. The van der Waals surface area contributed by atoms with Crippen LogP contribution < -0.4 is 15.4 Å². The predicted octanol–water partition coefficient (Wildman–Crippen LogP) is 4.24. The van der Waals surface area contributed by atoms with Gasteiger partial charge in [-0.3, -0.25) is 0 Å². The summed E-state index contributed by atoms with van der Waals surface area (Å²) in [6, 6.07) is 7.97. The fourth-order valence-electron chi connectivity index (χ4n) is 2.53. The molecule has 0 bridgehead atoms. The molecule has 7 heteroatoms. The second-order valence-corrected chi connectivity index (χ2v) is 7.11. The lowest BCUT2D eigenvalue weighted by atomic mass is 10.2. The summed E-state index contributed by atoms with van der Waals surface area (Å²) >= 11 is 1.76. The number of para-hydroxylation sites is 1. The monoisotopic (exact) mass is 500 g/mol. The maximum atomic E-state index is 5.70.